The van der Waals surface area contributed by atoms with Gasteiger partial charge in [0.2, 0.25) is 0 Å². The molecular weight excluding hydrogens is 540 g/mol. The van der Waals surface area contributed by atoms with Crippen LogP contribution in [0.25, 0.3) is 0 Å². The van der Waals surface area contributed by atoms with Crippen molar-refractivity contribution in [2.24, 2.45) is 0 Å². The summed E-state index contributed by atoms with van der Waals surface area (Å²) in [6.45, 7) is 5.19. The molecule has 0 aliphatic heterocycles. The Morgan fingerprint density at radius 1 is 0.944 bits per heavy atom. The van der Waals surface area contributed by atoms with Gasteiger partial charge in [0.05, 0.1) is 15.5 Å². The highest BCUT2D eigenvalue weighted by Gasteiger charge is 2.33. The zero-order valence-corrected chi connectivity index (χ0v) is 21.5. The molecule has 2 N–H and O–H groups in total. The van der Waals surface area contributed by atoms with E-state index in [9.17, 15) is 26.4 Å². The minimum absolute atomic E-state index is 0.222. The number of hydrogen-bond acceptors (Lipinski definition) is 4. The average molecular weight is 561 g/mol. The van der Waals surface area contributed by atoms with Crippen molar-refractivity contribution >= 4 is 50.5 Å². The van der Waals surface area contributed by atoms with Crippen LogP contribution < -0.4 is 14.8 Å². The summed E-state index contributed by atoms with van der Waals surface area (Å²) < 4.78 is 72.2. The lowest BCUT2D eigenvalue weighted by molar-refractivity contribution is -0.137. The van der Waals surface area contributed by atoms with Crippen LogP contribution in [0.1, 0.15) is 23.6 Å². The summed E-state index contributed by atoms with van der Waals surface area (Å²) in [7, 11) is -4.21. The number of anilines is 2. The SMILES string of the molecule is Cc1cc(OC(C)C(=O)Nc2ccc(S(=O)(=O)Nc3ccc(Cl)c(C(F)(F)F)c3)cc2)cc(C)c1Cl. The fourth-order valence-electron chi connectivity index (χ4n) is 3.21. The van der Waals surface area contributed by atoms with Gasteiger partial charge in [-0.15, -0.1) is 0 Å². The third-order valence-corrected chi connectivity index (χ3v) is 7.37. The first-order chi connectivity index (χ1) is 16.7. The van der Waals surface area contributed by atoms with Crippen molar-refractivity contribution < 1.29 is 31.1 Å². The largest absolute Gasteiger partial charge is 0.481 e. The van der Waals surface area contributed by atoms with Crippen LogP contribution in [0.4, 0.5) is 24.5 Å². The molecule has 0 aliphatic rings. The zero-order chi connectivity index (χ0) is 26.8. The van der Waals surface area contributed by atoms with Gasteiger partial charge >= 0.3 is 6.18 Å². The number of rotatable bonds is 7. The second kappa shape index (κ2) is 10.6. The molecule has 0 saturated heterocycles. The Balaban J connectivity index is 1.68. The van der Waals surface area contributed by atoms with Gasteiger partial charge in [0.15, 0.2) is 6.10 Å². The maximum atomic E-state index is 13.1. The van der Waals surface area contributed by atoms with Crippen LogP contribution in [0, 0.1) is 13.8 Å². The molecule has 1 atom stereocenters. The quantitative estimate of drug-likeness (QED) is 0.331. The summed E-state index contributed by atoms with van der Waals surface area (Å²) in [4.78, 5) is 12.3. The lowest BCUT2D eigenvalue weighted by atomic mass is 10.1. The van der Waals surface area contributed by atoms with Crippen molar-refractivity contribution in [3.8, 4) is 5.75 Å². The fraction of sp³-hybridized carbons (Fsp3) is 0.208. The van der Waals surface area contributed by atoms with Crippen LogP contribution in [0.5, 0.6) is 5.75 Å². The molecule has 192 valence electrons. The molecule has 3 rings (SSSR count). The second-order valence-electron chi connectivity index (χ2n) is 7.94. The molecule has 6 nitrogen and oxygen atoms in total. The fourth-order valence-corrected chi connectivity index (χ4v) is 4.60. The highest BCUT2D eigenvalue weighted by atomic mass is 35.5. The monoisotopic (exact) mass is 560 g/mol. The molecule has 0 aromatic heterocycles. The first kappa shape index (κ1) is 27.6. The summed E-state index contributed by atoms with van der Waals surface area (Å²) in [6, 6.07) is 11.2. The van der Waals surface area contributed by atoms with Gasteiger partial charge in [0, 0.05) is 16.4 Å². The predicted molar refractivity (Wildman–Crippen MR) is 133 cm³/mol. The van der Waals surface area contributed by atoms with Gasteiger partial charge < -0.3 is 10.1 Å². The smallest absolute Gasteiger partial charge is 0.417 e. The molecule has 0 radical (unpaired) electrons. The maximum Gasteiger partial charge on any atom is 0.417 e. The summed E-state index contributed by atoms with van der Waals surface area (Å²) >= 11 is 11.7. The van der Waals surface area contributed by atoms with Crippen molar-refractivity contribution in [3.63, 3.8) is 0 Å². The number of alkyl halides is 3. The molecule has 0 aliphatic carbocycles. The van der Waals surface area contributed by atoms with Gasteiger partial charge in [-0.25, -0.2) is 8.42 Å². The molecule has 1 amide bonds. The van der Waals surface area contributed by atoms with E-state index < -0.39 is 38.8 Å². The number of carbonyl (C=O) groups excluding carboxylic acids is 1. The molecule has 3 aromatic carbocycles. The Bertz CT molecular complexity index is 1370. The molecule has 0 bridgehead atoms. The van der Waals surface area contributed by atoms with Crippen molar-refractivity contribution in [2.75, 3.05) is 10.0 Å². The normalized spacial score (nSPS) is 12.7. The van der Waals surface area contributed by atoms with E-state index in [0.29, 0.717) is 22.5 Å². The van der Waals surface area contributed by atoms with Gasteiger partial charge in [-0.05, 0) is 86.5 Å². The minimum atomic E-state index is -4.75. The predicted octanol–water partition coefficient (Wildman–Crippen LogP) is 6.84. The molecule has 3 aromatic rings. The topological polar surface area (TPSA) is 84.5 Å². The van der Waals surface area contributed by atoms with Gasteiger partial charge in [-0.2, -0.15) is 13.2 Å². The van der Waals surface area contributed by atoms with E-state index in [4.69, 9.17) is 27.9 Å². The Morgan fingerprint density at radius 3 is 2.06 bits per heavy atom. The summed E-state index contributed by atoms with van der Waals surface area (Å²) in [5.74, 6) is -0.00437. The van der Waals surface area contributed by atoms with Gasteiger partial charge in [0.1, 0.15) is 5.75 Å². The molecule has 0 heterocycles. The second-order valence-corrected chi connectivity index (χ2v) is 10.4. The van der Waals surface area contributed by atoms with Crippen molar-refractivity contribution in [3.05, 3.63) is 81.3 Å². The third kappa shape index (κ3) is 6.63. The summed E-state index contributed by atoms with van der Waals surface area (Å²) in [5, 5.41) is 2.68. The van der Waals surface area contributed by atoms with Crippen LogP contribution in [-0.2, 0) is 21.0 Å². The van der Waals surface area contributed by atoms with E-state index >= 15 is 0 Å². The minimum Gasteiger partial charge on any atom is -0.481 e. The number of aryl methyl sites for hydroxylation is 2. The van der Waals surface area contributed by atoms with Crippen LogP contribution >= 0.6 is 23.2 Å². The van der Waals surface area contributed by atoms with E-state index in [1.165, 1.54) is 24.3 Å². The Morgan fingerprint density at radius 2 is 1.50 bits per heavy atom. The molecular formula is C24H21Cl2F3N2O4S. The van der Waals surface area contributed by atoms with Crippen molar-refractivity contribution in [1.82, 2.24) is 0 Å². The number of amides is 1. The van der Waals surface area contributed by atoms with Gasteiger partial charge in [0.25, 0.3) is 15.9 Å². The highest BCUT2D eigenvalue weighted by Crippen LogP contribution is 2.36. The summed E-state index contributed by atoms with van der Waals surface area (Å²) in [5.41, 5.74) is 0.435. The van der Waals surface area contributed by atoms with Crippen molar-refractivity contribution in [2.45, 2.75) is 37.9 Å². The van der Waals surface area contributed by atoms with Crippen LogP contribution in [0.3, 0.4) is 0 Å². The Hall–Kier alpha value is -2.95. The number of nitrogens with one attached hydrogen (secondary N) is 2. The lowest BCUT2D eigenvalue weighted by Crippen LogP contribution is -2.30. The number of benzene rings is 3. The van der Waals surface area contributed by atoms with Gasteiger partial charge in [-0.3, -0.25) is 9.52 Å². The van der Waals surface area contributed by atoms with E-state index in [2.05, 4.69) is 10.0 Å². The van der Waals surface area contributed by atoms with Gasteiger partial charge in [-0.1, -0.05) is 23.2 Å². The van der Waals surface area contributed by atoms with Crippen LogP contribution in [-0.4, -0.2) is 20.4 Å². The maximum absolute atomic E-state index is 13.1. The van der Waals surface area contributed by atoms with E-state index in [1.807, 2.05) is 13.8 Å². The number of sulfonamides is 1. The molecule has 36 heavy (non-hydrogen) atoms. The molecule has 1 unspecified atom stereocenters. The van der Waals surface area contributed by atoms with Crippen molar-refractivity contribution in [1.29, 1.82) is 0 Å². The summed E-state index contributed by atoms with van der Waals surface area (Å²) in [6.07, 6.45) is -5.62. The third-order valence-electron chi connectivity index (χ3n) is 5.05. The average Bonchev–Trinajstić information content (AvgIpc) is 2.78. The number of halogens is 5. The van der Waals surface area contributed by atoms with E-state index in [-0.39, 0.29) is 10.6 Å². The van der Waals surface area contributed by atoms with E-state index in [1.54, 1.807) is 19.1 Å². The number of hydrogen-bond donors (Lipinski definition) is 2. The van der Waals surface area contributed by atoms with Crippen LogP contribution in [0.2, 0.25) is 10.0 Å². The molecule has 0 fully saturated rings. The zero-order valence-electron chi connectivity index (χ0n) is 19.2. The number of carbonyl (C=O) groups is 1. The van der Waals surface area contributed by atoms with Crippen LogP contribution in [0.15, 0.2) is 59.5 Å². The van der Waals surface area contributed by atoms with E-state index in [0.717, 1.165) is 23.3 Å². The standard InChI is InChI=1S/C24H21Cl2F3N2O4S/c1-13-10-18(11-14(2)22(13)26)35-15(3)23(32)30-16-4-7-19(8-5-16)36(33,34)31-17-6-9-21(25)20(12-17)24(27,28)29/h4-12,15,31H,1-3H3,(H,30,32). The first-order valence-corrected chi connectivity index (χ1v) is 12.6. The Kier molecular flexibility index (Phi) is 8.12. The Labute approximate surface area is 216 Å². The first-order valence-electron chi connectivity index (χ1n) is 10.4. The molecule has 12 heteroatoms. The number of ether oxygens (including phenoxy) is 1. The highest BCUT2D eigenvalue weighted by molar-refractivity contribution is 7.92. The lowest BCUT2D eigenvalue weighted by Gasteiger charge is -2.16. The molecule has 0 spiro atoms. The molecule has 0 saturated carbocycles.